The van der Waals surface area contributed by atoms with Crippen molar-refractivity contribution in [2.24, 2.45) is 5.73 Å². The van der Waals surface area contributed by atoms with Crippen LogP contribution in [0.5, 0.6) is 0 Å². The van der Waals surface area contributed by atoms with Gasteiger partial charge in [-0.2, -0.15) is 0 Å². The van der Waals surface area contributed by atoms with Crippen LogP contribution in [0.25, 0.3) is 4.59 Å². The first-order chi connectivity index (χ1) is 2.41. The second-order valence-corrected chi connectivity index (χ2v) is 0.937. The van der Waals surface area contributed by atoms with E-state index in [4.69, 9.17) is 5.73 Å². The SMILES string of the molecule is NCC[N+]#P. The molecule has 0 atom stereocenters. The third-order valence-electron chi connectivity index (χ3n) is 0.229. The Morgan fingerprint density at radius 2 is 2.40 bits per heavy atom. The summed E-state index contributed by atoms with van der Waals surface area (Å²) < 4.78 is 3.42. The number of rotatable bonds is 1. The van der Waals surface area contributed by atoms with Crippen molar-refractivity contribution in [3.63, 3.8) is 0 Å². The molecule has 3 heteroatoms. The fourth-order valence-corrected chi connectivity index (χ4v) is 0.173. The van der Waals surface area contributed by atoms with Gasteiger partial charge in [0.05, 0.1) is 0 Å². The van der Waals surface area contributed by atoms with Crippen molar-refractivity contribution in [2.75, 3.05) is 13.1 Å². The van der Waals surface area contributed by atoms with Crippen LogP contribution in [-0.2, 0) is 0 Å². The molecule has 5 heavy (non-hydrogen) atoms. The van der Waals surface area contributed by atoms with Gasteiger partial charge in [-0.1, -0.05) is 0 Å². The third kappa shape index (κ3) is 4.10. The van der Waals surface area contributed by atoms with Crippen LogP contribution in [0.1, 0.15) is 0 Å². The van der Waals surface area contributed by atoms with E-state index in [-0.39, 0.29) is 0 Å². The fraction of sp³-hybridized carbons (Fsp3) is 1.00. The molecular formula is C2H6N2P+. The van der Waals surface area contributed by atoms with Crippen molar-refractivity contribution in [1.82, 2.24) is 0 Å². The molecule has 28 valence electrons. The molecule has 0 saturated carbocycles. The molecule has 0 aliphatic heterocycles. The topological polar surface area (TPSA) is 30.4 Å². The first-order valence-electron chi connectivity index (χ1n) is 1.42. The minimum atomic E-state index is 0.601. The van der Waals surface area contributed by atoms with E-state index < -0.39 is 0 Å². The van der Waals surface area contributed by atoms with Gasteiger partial charge in [0.25, 0.3) is 0 Å². The normalized spacial score (nSPS) is 6.40. The maximum atomic E-state index is 5.00. The molecule has 0 bridgehead atoms. The van der Waals surface area contributed by atoms with Gasteiger partial charge in [-0.3, -0.25) is 0 Å². The fourth-order valence-electron chi connectivity index (χ4n) is 0.0577. The van der Waals surface area contributed by atoms with Crippen molar-refractivity contribution in [2.45, 2.75) is 0 Å². The van der Waals surface area contributed by atoms with Crippen LogP contribution in [0, 0.1) is 0 Å². The van der Waals surface area contributed by atoms with Crippen LogP contribution in [-0.4, -0.2) is 13.1 Å². The van der Waals surface area contributed by atoms with Crippen LogP contribution < -0.4 is 5.73 Å². The summed E-state index contributed by atoms with van der Waals surface area (Å²) in [6.07, 6.45) is 0. The Morgan fingerprint density at radius 1 is 1.80 bits per heavy atom. The summed E-state index contributed by atoms with van der Waals surface area (Å²) in [4.78, 5) is 0. The Morgan fingerprint density at radius 3 is 2.40 bits per heavy atom. The molecule has 0 aromatic carbocycles. The van der Waals surface area contributed by atoms with Gasteiger partial charge in [0.15, 0.2) is 0 Å². The molecule has 0 radical (unpaired) electrons. The van der Waals surface area contributed by atoms with Gasteiger partial charge in [0.1, 0.15) is 0 Å². The molecule has 0 aliphatic carbocycles. The molecule has 0 heterocycles. The summed E-state index contributed by atoms with van der Waals surface area (Å²) in [7, 11) is 3.55. The van der Waals surface area contributed by atoms with E-state index in [0.717, 1.165) is 0 Å². The van der Waals surface area contributed by atoms with Crippen molar-refractivity contribution in [1.29, 1.82) is 0 Å². The van der Waals surface area contributed by atoms with E-state index in [1.807, 2.05) is 0 Å². The minimum absolute atomic E-state index is 0.601. The summed E-state index contributed by atoms with van der Waals surface area (Å²) >= 11 is 0. The molecule has 0 rings (SSSR count). The molecule has 2 nitrogen and oxygen atoms in total. The Bertz CT molecular complexity index is 46.1. The molecule has 0 aromatic heterocycles. The number of nitrogens with zero attached hydrogens (tertiary/aromatic N) is 1. The van der Waals surface area contributed by atoms with Crippen LogP contribution in [0.15, 0.2) is 0 Å². The Hall–Kier alpha value is 0.100. The second-order valence-electron chi connectivity index (χ2n) is 0.654. The van der Waals surface area contributed by atoms with Gasteiger partial charge in [-0.15, -0.1) is 0 Å². The molecular weight excluding hydrogens is 83.0 g/mol. The predicted molar refractivity (Wildman–Crippen MR) is 24.2 cm³/mol. The second kappa shape index (κ2) is 4.10. The average molecular weight is 89.1 g/mol. The summed E-state index contributed by atoms with van der Waals surface area (Å²) in [6.45, 7) is 1.26. The van der Waals surface area contributed by atoms with Crippen LogP contribution >= 0.6 is 8.88 Å². The van der Waals surface area contributed by atoms with Gasteiger partial charge in [-0.05, 0) is 0 Å². The van der Waals surface area contributed by atoms with Crippen LogP contribution in [0.3, 0.4) is 0 Å². The third-order valence-corrected chi connectivity index (χ3v) is 0.429. The van der Waals surface area contributed by atoms with E-state index in [9.17, 15) is 0 Å². The van der Waals surface area contributed by atoms with E-state index in [1.165, 1.54) is 0 Å². The molecule has 0 aromatic rings. The predicted octanol–water partition coefficient (Wildman–Crippen LogP) is 0.644. The molecule has 0 aliphatic rings. The van der Waals surface area contributed by atoms with Crippen molar-refractivity contribution in [3.8, 4) is 0 Å². The summed E-state index contributed by atoms with van der Waals surface area (Å²) in [6, 6.07) is 0. The average Bonchev–Trinajstić information content (AvgIpc) is 1.41. The van der Waals surface area contributed by atoms with Crippen molar-refractivity contribution < 1.29 is 0 Å². The zero-order valence-corrected chi connectivity index (χ0v) is 3.78. The van der Waals surface area contributed by atoms with E-state index in [0.29, 0.717) is 13.1 Å². The number of hydrogen-bond donors (Lipinski definition) is 1. The molecule has 0 amide bonds. The Balaban J connectivity index is 2.48. The zero-order valence-electron chi connectivity index (χ0n) is 2.89. The van der Waals surface area contributed by atoms with E-state index in [2.05, 4.69) is 13.5 Å². The van der Waals surface area contributed by atoms with Crippen molar-refractivity contribution >= 4 is 8.88 Å². The van der Waals surface area contributed by atoms with E-state index in [1.54, 1.807) is 0 Å². The van der Waals surface area contributed by atoms with Gasteiger partial charge in [0.2, 0.25) is 0 Å². The molecule has 0 unspecified atom stereocenters. The first kappa shape index (κ1) is 5.10. The number of nitrogens with two attached hydrogens (primary N) is 1. The van der Waals surface area contributed by atoms with Gasteiger partial charge < -0.3 is 0 Å². The quantitative estimate of drug-likeness (QED) is 0.469. The van der Waals surface area contributed by atoms with Gasteiger partial charge in [0, 0.05) is 0 Å². The van der Waals surface area contributed by atoms with E-state index >= 15 is 0 Å². The summed E-state index contributed by atoms with van der Waals surface area (Å²) in [5, 5.41) is 0. The Kier molecular flexibility index (Phi) is 4.18. The van der Waals surface area contributed by atoms with Gasteiger partial charge in [-0.25, -0.2) is 0 Å². The molecule has 0 saturated heterocycles. The summed E-state index contributed by atoms with van der Waals surface area (Å²) in [5.41, 5.74) is 5.00. The Labute approximate surface area is 33.4 Å². The molecule has 0 spiro atoms. The summed E-state index contributed by atoms with van der Waals surface area (Å²) in [5.74, 6) is 0. The first-order valence-corrected chi connectivity index (χ1v) is 1.82. The maximum absolute atomic E-state index is 5.00. The van der Waals surface area contributed by atoms with Crippen molar-refractivity contribution in [3.05, 3.63) is 4.59 Å². The van der Waals surface area contributed by atoms with Gasteiger partial charge >= 0.3 is 32.3 Å². The monoisotopic (exact) mass is 89.0 g/mol. The van der Waals surface area contributed by atoms with Crippen LogP contribution in [0.2, 0.25) is 0 Å². The number of hydrogen-bond acceptors (Lipinski definition) is 1. The standard InChI is InChI=1S/C2H6N2P/c3-1-2-4-5/h1-3H2/q+1. The molecule has 2 N–H and O–H groups in total. The zero-order chi connectivity index (χ0) is 4.12. The van der Waals surface area contributed by atoms with Crippen LogP contribution in [0.4, 0.5) is 0 Å². The molecule has 0 fully saturated rings.